The van der Waals surface area contributed by atoms with Crippen molar-refractivity contribution in [3.63, 3.8) is 0 Å². The second-order valence-electron chi connectivity index (χ2n) is 7.27. The number of ether oxygens (including phenoxy) is 1. The molecule has 29 heavy (non-hydrogen) atoms. The van der Waals surface area contributed by atoms with E-state index in [4.69, 9.17) is 17.0 Å². The van der Waals surface area contributed by atoms with Crippen molar-refractivity contribution in [2.45, 2.75) is 39.7 Å². The molecule has 0 spiro atoms. The second-order valence-corrected chi connectivity index (χ2v) is 7.68. The molecular formula is C23H27N3O2S. The molecule has 0 fully saturated rings. The summed E-state index contributed by atoms with van der Waals surface area (Å²) < 4.78 is 5.63. The molecule has 0 unspecified atom stereocenters. The Labute approximate surface area is 177 Å². The molecule has 0 aromatic heterocycles. The molecule has 0 saturated heterocycles. The predicted molar refractivity (Wildman–Crippen MR) is 121 cm³/mol. The van der Waals surface area contributed by atoms with Crippen LogP contribution < -0.4 is 20.7 Å². The second kappa shape index (κ2) is 9.09. The largest absolute Gasteiger partial charge is 0.492 e. The van der Waals surface area contributed by atoms with E-state index in [1.54, 1.807) is 0 Å². The molecule has 0 aliphatic carbocycles. The summed E-state index contributed by atoms with van der Waals surface area (Å²) in [6, 6.07) is 15.4. The van der Waals surface area contributed by atoms with Gasteiger partial charge in [-0.1, -0.05) is 50.2 Å². The zero-order valence-corrected chi connectivity index (χ0v) is 18.0. The highest BCUT2D eigenvalue weighted by atomic mass is 32.1. The number of allylic oxidation sites excluding steroid dienone is 1. The average Bonchev–Trinajstić information content (AvgIpc) is 2.69. The zero-order chi connectivity index (χ0) is 21.0. The maximum atomic E-state index is 13.3. The highest BCUT2D eigenvalue weighted by Gasteiger charge is 2.30. The lowest BCUT2D eigenvalue weighted by molar-refractivity contribution is -0.113. The molecule has 1 heterocycles. The average molecular weight is 410 g/mol. The summed E-state index contributed by atoms with van der Waals surface area (Å²) in [7, 11) is 0. The number of carbonyl (C=O) groups is 1. The van der Waals surface area contributed by atoms with Crippen molar-refractivity contribution in [1.82, 2.24) is 10.6 Å². The molecule has 3 N–H and O–H groups in total. The summed E-state index contributed by atoms with van der Waals surface area (Å²) in [5.74, 6) is 0.892. The van der Waals surface area contributed by atoms with E-state index in [-0.39, 0.29) is 11.9 Å². The molecule has 1 amide bonds. The molecule has 1 atom stereocenters. The summed E-state index contributed by atoms with van der Waals surface area (Å²) in [6.45, 7) is 8.62. The van der Waals surface area contributed by atoms with Gasteiger partial charge in [-0.05, 0) is 55.2 Å². The van der Waals surface area contributed by atoms with Crippen LogP contribution in [0.5, 0.6) is 5.75 Å². The van der Waals surface area contributed by atoms with Crippen LogP contribution in [0.3, 0.4) is 0 Å². The Morgan fingerprint density at radius 2 is 1.86 bits per heavy atom. The number of benzene rings is 2. The first kappa shape index (κ1) is 20.9. The fraction of sp³-hybridized carbons (Fsp3) is 0.304. The maximum absolute atomic E-state index is 13.3. The van der Waals surface area contributed by atoms with Gasteiger partial charge in [-0.15, -0.1) is 0 Å². The van der Waals surface area contributed by atoms with Gasteiger partial charge < -0.3 is 20.7 Å². The first-order valence-electron chi connectivity index (χ1n) is 9.82. The van der Waals surface area contributed by atoms with Crippen molar-refractivity contribution in [3.8, 4) is 5.75 Å². The minimum Gasteiger partial charge on any atom is -0.492 e. The van der Waals surface area contributed by atoms with Gasteiger partial charge in [-0.25, -0.2) is 0 Å². The quantitative estimate of drug-likeness (QED) is 0.607. The number of thiocarbonyl (C=S) groups is 1. The van der Waals surface area contributed by atoms with Crippen LogP contribution in [0.1, 0.15) is 50.8 Å². The van der Waals surface area contributed by atoms with Crippen LogP contribution in [0.25, 0.3) is 0 Å². The summed E-state index contributed by atoms with van der Waals surface area (Å²) in [4.78, 5) is 13.3. The van der Waals surface area contributed by atoms with Crippen molar-refractivity contribution in [2.75, 3.05) is 11.9 Å². The summed E-state index contributed by atoms with van der Waals surface area (Å²) in [5, 5.41) is 9.81. The Bertz CT molecular complexity index is 935. The Morgan fingerprint density at radius 1 is 1.17 bits per heavy atom. The first-order valence-corrected chi connectivity index (χ1v) is 10.2. The maximum Gasteiger partial charge on any atom is 0.255 e. The molecule has 152 valence electrons. The van der Waals surface area contributed by atoms with E-state index in [1.807, 2.05) is 38.1 Å². The van der Waals surface area contributed by atoms with Gasteiger partial charge in [0.05, 0.1) is 23.9 Å². The highest BCUT2D eigenvalue weighted by molar-refractivity contribution is 7.80. The van der Waals surface area contributed by atoms with Crippen LogP contribution in [0, 0.1) is 0 Å². The fourth-order valence-corrected chi connectivity index (χ4v) is 3.63. The smallest absolute Gasteiger partial charge is 0.255 e. The number of nitrogens with one attached hydrogen (secondary N) is 3. The van der Waals surface area contributed by atoms with E-state index < -0.39 is 0 Å². The van der Waals surface area contributed by atoms with Crippen LogP contribution >= 0.6 is 12.2 Å². The van der Waals surface area contributed by atoms with E-state index in [1.165, 1.54) is 5.56 Å². The number of hydrogen-bond donors (Lipinski definition) is 3. The molecular weight excluding hydrogens is 382 g/mol. The van der Waals surface area contributed by atoms with Crippen LogP contribution in [0.4, 0.5) is 5.69 Å². The molecule has 2 aromatic carbocycles. The Balaban J connectivity index is 1.92. The third-order valence-electron chi connectivity index (χ3n) is 4.89. The van der Waals surface area contributed by atoms with Gasteiger partial charge in [-0.3, -0.25) is 4.79 Å². The van der Waals surface area contributed by atoms with Crippen LogP contribution in [-0.2, 0) is 4.79 Å². The van der Waals surface area contributed by atoms with E-state index in [0.29, 0.717) is 34.6 Å². The lowest BCUT2D eigenvalue weighted by Gasteiger charge is -2.30. The molecule has 2 aromatic rings. The van der Waals surface area contributed by atoms with Crippen LogP contribution in [0.15, 0.2) is 59.8 Å². The molecule has 1 aliphatic rings. The topological polar surface area (TPSA) is 62.4 Å². The molecule has 0 radical (unpaired) electrons. The highest BCUT2D eigenvalue weighted by Crippen LogP contribution is 2.30. The molecule has 0 bridgehead atoms. The number of anilines is 1. The number of hydrogen-bond acceptors (Lipinski definition) is 3. The van der Waals surface area contributed by atoms with Gasteiger partial charge >= 0.3 is 0 Å². The van der Waals surface area contributed by atoms with E-state index in [9.17, 15) is 4.79 Å². The van der Waals surface area contributed by atoms with E-state index >= 15 is 0 Å². The Kier molecular flexibility index (Phi) is 6.54. The van der Waals surface area contributed by atoms with Crippen LogP contribution in [-0.4, -0.2) is 17.6 Å². The fourth-order valence-electron chi connectivity index (χ4n) is 3.36. The standard InChI is InChI=1S/C23H27N3O2S/c1-5-28-19-9-7-6-8-18(19)25-22(27)20-15(4)24-23(29)26-21(20)17-12-10-16(11-13-17)14(2)3/h6-14,21H,5H2,1-4H3,(H,25,27)(H2,24,26,29)/t21-/m0/s1. The van der Waals surface area contributed by atoms with Gasteiger partial charge in [0.1, 0.15) is 5.75 Å². The number of amides is 1. The van der Waals surface area contributed by atoms with E-state index in [2.05, 4.69) is 54.1 Å². The number of carbonyl (C=O) groups excluding carboxylic acids is 1. The van der Waals surface area contributed by atoms with Crippen molar-refractivity contribution in [1.29, 1.82) is 0 Å². The van der Waals surface area contributed by atoms with Crippen molar-refractivity contribution >= 4 is 28.9 Å². The molecule has 0 saturated carbocycles. The van der Waals surface area contributed by atoms with Gasteiger partial charge in [0.15, 0.2) is 5.11 Å². The van der Waals surface area contributed by atoms with Gasteiger partial charge in [0, 0.05) is 5.70 Å². The van der Waals surface area contributed by atoms with Crippen molar-refractivity contribution in [3.05, 3.63) is 70.9 Å². The first-order chi connectivity index (χ1) is 13.9. The third-order valence-corrected chi connectivity index (χ3v) is 5.11. The van der Waals surface area contributed by atoms with Crippen LogP contribution in [0.2, 0.25) is 0 Å². The zero-order valence-electron chi connectivity index (χ0n) is 17.2. The monoisotopic (exact) mass is 409 g/mol. The number of para-hydroxylation sites is 2. The summed E-state index contributed by atoms with van der Waals surface area (Å²) >= 11 is 5.34. The molecule has 5 nitrogen and oxygen atoms in total. The minimum absolute atomic E-state index is 0.199. The summed E-state index contributed by atoms with van der Waals surface area (Å²) in [6.07, 6.45) is 0. The summed E-state index contributed by atoms with van der Waals surface area (Å²) in [5.41, 5.74) is 4.21. The Hall–Kier alpha value is -2.86. The lowest BCUT2D eigenvalue weighted by atomic mass is 9.92. The van der Waals surface area contributed by atoms with Gasteiger partial charge in [0.25, 0.3) is 5.91 Å². The molecule has 1 aliphatic heterocycles. The predicted octanol–water partition coefficient (Wildman–Crippen LogP) is 4.64. The molecule has 6 heteroatoms. The van der Waals surface area contributed by atoms with E-state index in [0.717, 1.165) is 11.3 Å². The van der Waals surface area contributed by atoms with Crippen molar-refractivity contribution in [2.24, 2.45) is 0 Å². The SMILES string of the molecule is CCOc1ccccc1NC(=O)C1=C(C)NC(=S)N[C@H]1c1ccc(C(C)C)cc1. The van der Waals surface area contributed by atoms with Gasteiger partial charge in [-0.2, -0.15) is 0 Å². The van der Waals surface area contributed by atoms with Gasteiger partial charge in [0.2, 0.25) is 0 Å². The third kappa shape index (κ3) is 4.77. The molecule has 3 rings (SSSR count). The minimum atomic E-state index is -0.329. The van der Waals surface area contributed by atoms with Crippen molar-refractivity contribution < 1.29 is 9.53 Å². The normalized spacial score (nSPS) is 16.3. The number of rotatable bonds is 6. The Morgan fingerprint density at radius 3 is 2.52 bits per heavy atom. The lowest BCUT2D eigenvalue weighted by Crippen LogP contribution is -2.45.